The lowest BCUT2D eigenvalue weighted by atomic mass is 9.77. The summed E-state index contributed by atoms with van der Waals surface area (Å²) in [6.07, 6.45) is 1.02. The topological polar surface area (TPSA) is 177 Å². The molecule has 0 bridgehead atoms. The maximum atomic E-state index is 14.9. The molecular formula is C43H54F2N6O8S2. The third-order valence-corrected chi connectivity index (χ3v) is 14.9. The lowest BCUT2D eigenvalue weighted by Crippen LogP contribution is -2.57. The summed E-state index contributed by atoms with van der Waals surface area (Å²) in [5.41, 5.74) is -0.473. The lowest BCUT2D eigenvalue weighted by molar-refractivity contribution is -0.151. The van der Waals surface area contributed by atoms with Crippen LogP contribution in [-0.4, -0.2) is 107 Å². The molecule has 2 aliphatic carbocycles. The number of fused-ring (bicyclic) bond motifs is 1. The summed E-state index contributed by atoms with van der Waals surface area (Å²) >= 11 is 1.44. The van der Waals surface area contributed by atoms with Crippen LogP contribution in [0.15, 0.2) is 42.3 Å². The van der Waals surface area contributed by atoms with Gasteiger partial charge in [0.15, 0.2) is 0 Å². The highest BCUT2D eigenvalue weighted by Gasteiger charge is 2.62. The molecule has 14 nitrogen and oxygen atoms in total. The maximum absolute atomic E-state index is 14.9. The van der Waals surface area contributed by atoms with E-state index in [1.807, 2.05) is 19.2 Å². The summed E-state index contributed by atoms with van der Waals surface area (Å²) in [6, 6.07) is 5.87. The molecule has 2 aromatic heterocycles. The second-order valence-corrected chi connectivity index (χ2v) is 21.0. The fourth-order valence-corrected chi connectivity index (χ4v) is 10.5. The molecule has 2 saturated carbocycles. The first-order valence-corrected chi connectivity index (χ1v) is 23.1. The largest absolute Gasteiger partial charge is 0.497 e. The van der Waals surface area contributed by atoms with E-state index in [0.717, 1.165) is 10.6 Å². The third kappa shape index (κ3) is 9.39. The first-order valence-electron chi connectivity index (χ1n) is 20.7. The van der Waals surface area contributed by atoms with Crippen LogP contribution in [0.5, 0.6) is 11.5 Å². The van der Waals surface area contributed by atoms with Crippen molar-refractivity contribution in [3.63, 3.8) is 0 Å². The Morgan fingerprint density at radius 1 is 1.13 bits per heavy atom. The summed E-state index contributed by atoms with van der Waals surface area (Å²) in [4.78, 5) is 68.9. The van der Waals surface area contributed by atoms with E-state index in [4.69, 9.17) is 19.4 Å². The highest BCUT2D eigenvalue weighted by atomic mass is 32.2. The number of carbonyl (C=O) groups excluding carboxylic acids is 4. The minimum absolute atomic E-state index is 0.0401. The number of sulfonamides is 1. The zero-order valence-corrected chi connectivity index (χ0v) is 37.0. The lowest BCUT2D eigenvalue weighted by Gasteiger charge is -2.37. The number of pyridine rings is 1. The van der Waals surface area contributed by atoms with Gasteiger partial charge in [-0.25, -0.2) is 27.2 Å². The van der Waals surface area contributed by atoms with E-state index < -0.39 is 86.3 Å². The highest BCUT2D eigenvalue weighted by molar-refractivity contribution is 7.91. The number of aromatic nitrogens is 2. The summed E-state index contributed by atoms with van der Waals surface area (Å²) < 4.78 is 68.9. The predicted molar refractivity (Wildman–Crippen MR) is 226 cm³/mol. The van der Waals surface area contributed by atoms with Gasteiger partial charge in [-0.15, -0.1) is 17.9 Å². The molecule has 330 valence electrons. The summed E-state index contributed by atoms with van der Waals surface area (Å²) in [7, 11) is -2.41. The zero-order chi connectivity index (χ0) is 44.2. The van der Waals surface area contributed by atoms with E-state index in [2.05, 4.69) is 16.6 Å². The Morgan fingerprint density at radius 2 is 1.87 bits per heavy atom. The molecule has 1 unspecified atom stereocenters. The average molecular weight is 885 g/mol. The number of nitrogens with one attached hydrogen (secondary N) is 2. The fourth-order valence-electron chi connectivity index (χ4n) is 8.20. The molecule has 4 heterocycles. The number of amides is 4. The number of ether oxygens (including phenoxy) is 2. The number of thiazole rings is 1. The van der Waals surface area contributed by atoms with Crippen molar-refractivity contribution in [2.75, 3.05) is 26.7 Å². The molecule has 1 aromatic carbocycles. The molecular weight excluding hydrogens is 831 g/mol. The number of hydrogen-bond donors (Lipinski definition) is 2. The molecule has 18 heteroatoms. The smallest absolute Gasteiger partial charge is 0.265 e. The normalized spacial score (nSPS) is 24.3. The van der Waals surface area contributed by atoms with Gasteiger partial charge in [0.1, 0.15) is 39.9 Å². The monoisotopic (exact) mass is 884 g/mol. The van der Waals surface area contributed by atoms with Crippen molar-refractivity contribution in [2.45, 2.75) is 114 Å². The van der Waals surface area contributed by atoms with Gasteiger partial charge >= 0.3 is 0 Å². The number of likely N-dealkylation sites (tertiary alicyclic amines) is 2. The number of halogens is 2. The van der Waals surface area contributed by atoms with Crippen molar-refractivity contribution < 1.29 is 45.9 Å². The second-order valence-electron chi connectivity index (χ2n) is 18.2. The Bertz CT molecular complexity index is 2340. The number of alkyl halides is 2. The van der Waals surface area contributed by atoms with Gasteiger partial charge in [0, 0.05) is 54.6 Å². The van der Waals surface area contributed by atoms with Gasteiger partial charge in [-0.05, 0) is 49.1 Å². The average Bonchev–Trinajstić information content (AvgIpc) is 4.08. The van der Waals surface area contributed by atoms with Crippen molar-refractivity contribution in [3.05, 3.63) is 48.0 Å². The fraction of sp³-hybridized carbons (Fsp3) is 0.581. The van der Waals surface area contributed by atoms with Gasteiger partial charge < -0.3 is 24.6 Å². The molecule has 4 amide bonds. The van der Waals surface area contributed by atoms with Gasteiger partial charge in [-0.2, -0.15) is 0 Å². The second kappa shape index (κ2) is 16.5. The molecule has 0 radical (unpaired) electrons. The molecule has 3 aromatic rings. The minimum Gasteiger partial charge on any atom is -0.497 e. The van der Waals surface area contributed by atoms with E-state index in [1.54, 1.807) is 52.1 Å². The summed E-state index contributed by atoms with van der Waals surface area (Å²) in [5, 5.41) is 5.38. The van der Waals surface area contributed by atoms with Crippen LogP contribution in [0.25, 0.3) is 21.6 Å². The van der Waals surface area contributed by atoms with Gasteiger partial charge in [0.2, 0.25) is 27.7 Å². The van der Waals surface area contributed by atoms with Gasteiger partial charge in [-0.1, -0.05) is 40.7 Å². The first-order chi connectivity index (χ1) is 28.6. The number of carbonyl (C=O) groups is 4. The van der Waals surface area contributed by atoms with Crippen LogP contribution in [0, 0.1) is 17.3 Å². The van der Waals surface area contributed by atoms with Gasteiger partial charge in [-0.3, -0.25) is 23.9 Å². The third-order valence-electron chi connectivity index (χ3n) is 12.2. The molecule has 61 heavy (non-hydrogen) atoms. The van der Waals surface area contributed by atoms with Crippen LogP contribution < -0.4 is 19.5 Å². The summed E-state index contributed by atoms with van der Waals surface area (Å²) in [6.45, 7) is 12.5. The Balaban J connectivity index is 1.22. The molecule has 4 fully saturated rings. The predicted octanol–water partition coefficient (Wildman–Crippen LogP) is 5.82. The minimum atomic E-state index is -3.96. The molecule has 7 rings (SSSR count). The van der Waals surface area contributed by atoms with Crippen molar-refractivity contribution in [2.24, 2.45) is 17.3 Å². The number of benzene rings is 1. The number of nitrogens with zero attached hydrogens (tertiary/aromatic N) is 4. The Hall–Kier alpha value is -4.71. The molecule has 2 saturated heterocycles. The van der Waals surface area contributed by atoms with Crippen LogP contribution in [0.1, 0.15) is 91.2 Å². The van der Waals surface area contributed by atoms with Crippen LogP contribution in [0.4, 0.5) is 8.78 Å². The van der Waals surface area contributed by atoms with Gasteiger partial charge in [0.25, 0.3) is 11.8 Å². The van der Waals surface area contributed by atoms with Crippen LogP contribution in [-0.2, 0) is 29.2 Å². The zero-order valence-electron chi connectivity index (χ0n) is 35.3. The Morgan fingerprint density at radius 3 is 2.48 bits per heavy atom. The van der Waals surface area contributed by atoms with Crippen LogP contribution in [0.2, 0.25) is 0 Å². The molecule has 5 atom stereocenters. The van der Waals surface area contributed by atoms with E-state index in [-0.39, 0.29) is 51.1 Å². The molecule has 2 aliphatic heterocycles. The first kappa shape index (κ1) is 44.3. The van der Waals surface area contributed by atoms with E-state index >= 15 is 0 Å². The van der Waals surface area contributed by atoms with Gasteiger partial charge in [0.05, 0.1) is 42.6 Å². The number of piperidine rings is 1. The maximum Gasteiger partial charge on any atom is 0.265 e. The van der Waals surface area contributed by atoms with Crippen molar-refractivity contribution in [1.29, 1.82) is 0 Å². The SMILES string of the molecule is C=C[C@@H]1CC1(NC(=O)[C@@H]1C[C@@H](Oc2cc(-c3nc(C(C)C)cs3)nc3cc(OC)ccc23)CN1C(=O)[C@@H](CC(=O)N1CCCC(F)(F)C1)C(C)(C)C)C(=O)NS(=O)(=O)C1CC1. The standard InChI is InChI=1S/C43H54F2N6O8S2/c1-8-25-20-43(25,40(55)49-61(56,57)28-11-12-28)48-37(53)34-17-27(21-51(34)39(54)30(41(4,5)6)18-36(52)50-15-9-14-42(44,45)23-50)59-35-19-32(38-47-33(22-60-38)24(2)3)46-31-16-26(58-7)10-13-29(31)35/h8,10,13,16,19,22,24-25,27-28,30,34H,1,9,11-12,14-15,17-18,20-21,23H2,2-7H3,(H,48,53)(H,49,55)/t25-,27-,30-,34+,43?/m1/s1. The van der Waals surface area contributed by atoms with Crippen LogP contribution in [0.3, 0.4) is 0 Å². The summed E-state index contributed by atoms with van der Waals surface area (Å²) in [5.74, 6) is -6.24. The number of methoxy groups -OCH3 is 1. The van der Waals surface area contributed by atoms with Crippen molar-refractivity contribution >= 4 is 55.9 Å². The molecule has 4 aliphatic rings. The molecule has 0 spiro atoms. The van der Waals surface area contributed by atoms with Crippen molar-refractivity contribution in [1.82, 2.24) is 29.8 Å². The highest BCUT2D eigenvalue weighted by Crippen LogP contribution is 2.46. The van der Waals surface area contributed by atoms with E-state index in [0.29, 0.717) is 45.9 Å². The number of rotatable bonds is 14. The Kier molecular flexibility index (Phi) is 12.0. The van der Waals surface area contributed by atoms with Crippen LogP contribution >= 0.6 is 11.3 Å². The Labute approximate surface area is 358 Å². The quantitative estimate of drug-likeness (QED) is 0.188. The number of hydrogen-bond acceptors (Lipinski definition) is 11. The molecule has 2 N–H and O–H groups in total. The van der Waals surface area contributed by atoms with Crippen molar-refractivity contribution in [3.8, 4) is 22.2 Å². The van der Waals surface area contributed by atoms with E-state index in [1.165, 1.54) is 22.3 Å². The van der Waals surface area contributed by atoms with E-state index in [9.17, 15) is 36.4 Å².